The highest BCUT2D eigenvalue weighted by atomic mass is 16.6. The highest BCUT2D eigenvalue weighted by Gasteiger charge is 2.35. The van der Waals surface area contributed by atoms with Gasteiger partial charge in [0.25, 0.3) is 0 Å². The Morgan fingerprint density at radius 1 is 0.786 bits per heavy atom. The Hall–Kier alpha value is -0.600. The van der Waals surface area contributed by atoms with Gasteiger partial charge in [-0.1, -0.05) is 12.2 Å². The monoisotopic (exact) mass is 194 g/mol. The Bertz CT molecular complexity index is 200. The van der Waals surface area contributed by atoms with Crippen LogP contribution in [0, 0.1) is 0 Å². The zero-order valence-corrected chi connectivity index (χ0v) is 8.52. The maximum atomic E-state index is 5.81. The molecule has 2 fully saturated rings. The predicted molar refractivity (Wildman–Crippen MR) is 56.2 cm³/mol. The van der Waals surface area contributed by atoms with E-state index in [2.05, 4.69) is 13.2 Å². The van der Waals surface area contributed by atoms with Crippen LogP contribution in [0.15, 0.2) is 25.3 Å². The summed E-state index contributed by atoms with van der Waals surface area (Å²) in [5.41, 5.74) is 0. The fourth-order valence-electron chi connectivity index (χ4n) is 2.27. The zero-order valence-electron chi connectivity index (χ0n) is 8.52. The number of ether oxygens (including phenoxy) is 2. The SMILES string of the molecule is C=C[C@H]1CC[C@H]([C@H]2CC[C@H](C=C)O2)O1. The molecule has 0 aromatic rings. The summed E-state index contributed by atoms with van der Waals surface area (Å²) in [6, 6.07) is 0. The first-order valence-corrected chi connectivity index (χ1v) is 5.39. The average Bonchev–Trinajstić information content (AvgIpc) is 2.86. The molecule has 0 aromatic heterocycles. The quantitative estimate of drug-likeness (QED) is 0.642. The number of hydrogen-bond acceptors (Lipinski definition) is 2. The van der Waals surface area contributed by atoms with Crippen LogP contribution in [-0.4, -0.2) is 24.4 Å². The van der Waals surface area contributed by atoms with E-state index < -0.39 is 0 Å². The van der Waals surface area contributed by atoms with Gasteiger partial charge in [0.15, 0.2) is 0 Å². The van der Waals surface area contributed by atoms with Crippen LogP contribution in [0.3, 0.4) is 0 Å². The van der Waals surface area contributed by atoms with E-state index in [1.54, 1.807) is 0 Å². The van der Waals surface area contributed by atoms with Crippen LogP contribution in [0.1, 0.15) is 25.7 Å². The van der Waals surface area contributed by atoms with Crippen molar-refractivity contribution in [2.45, 2.75) is 50.1 Å². The van der Waals surface area contributed by atoms with Crippen LogP contribution < -0.4 is 0 Å². The van der Waals surface area contributed by atoms with Crippen molar-refractivity contribution in [3.8, 4) is 0 Å². The predicted octanol–water partition coefficient (Wildman–Crippen LogP) is 2.45. The summed E-state index contributed by atoms with van der Waals surface area (Å²) in [5.74, 6) is 0. The first-order chi connectivity index (χ1) is 6.83. The Labute approximate surface area is 85.6 Å². The van der Waals surface area contributed by atoms with Gasteiger partial charge in [0.2, 0.25) is 0 Å². The van der Waals surface area contributed by atoms with Crippen LogP contribution in [0.4, 0.5) is 0 Å². The number of rotatable bonds is 3. The summed E-state index contributed by atoms with van der Waals surface area (Å²) in [5, 5.41) is 0. The minimum Gasteiger partial charge on any atom is -0.368 e. The molecule has 2 saturated heterocycles. The minimum absolute atomic E-state index is 0.242. The molecule has 0 radical (unpaired) electrons. The standard InChI is InChI=1S/C12H18O2/c1-3-9-5-7-11(13-9)12-8-6-10(4-2)14-12/h3-4,9-12H,1-2,5-8H2/t9-,10-,11+,12+/m0/s1. The zero-order chi connectivity index (χ0) is 9.97. The summed E-state index contributed by atoms with van der Waals surface area (Å²) in [4.78, 5) is 0. The van der Waals surface area contributed by atoms with Crippen molar-refractivity contribution in [1.29, 1.82) is 0 Å². The van der Waals surface area contributed by atoms with Gasteiger partial charge in [0, 0.05) is 0 Å². The molecule has 0 aliphatic carbocycles. The third kappa shape index (κ3) is 1.91. The molecule has 2 aliphatic heterocycles. The van der Waals surface area contributed by atoms with E-state index in [1.807, 2.05) is 12.2 Å². The van der Waals surface area contributed by atoms with Crippen molar-refractivity contribution in [2.24, 2.45) is 0 Å². The Morgan fingerprint density at radius 2 is 1.21 bits per heavy atom. The molecule has 0 N–H and O–H groups in total. The smallest absolute Gasteiger partial charge is 0.0846 e. The third-order valence-corrected chi connectivity index (χ3v) is 3.11. The lowest BCUT2D eigenvalue weighted by molar-refractivity contribution is -0.0465. The van der Waals surface area contributed by atoms with Crippen molar-refractivity contribution in [2.75, 3.05) is 0 Å². The van der Waals surface area contributed by atoms with E-state index in [1.165, 1.54) is 0 Å². The molecule has 2 heterocycles. The van der Waals surface area contributed by atoms with E-state index in [0.29, 0.717) is 0 Å². The second-order valence-corrected chi connectivity index (χ2v) is 4.05. The lowest BCUT2D eigenvalue weighted by Crippen LogP contribution is -2.26. The molecule has 0 aromatic carbocycles. The largest absolute Gasteiger partial charge is 0.368 e. The van der Waals surface area contributed by atoms with Crippen LogP contribution in [-0.2, 0) is 9.47 Å². The maximum Gasteiger partial charge on any atom is 0.0846 e. The van der Waals surface area contributed by atoms with Gasteiger partial charge in [-0.3, -0.25) is 0 Å². The summed E-state index contributed by atoms with van der Waals surface area (Å²) < 4.78 is 11.6. The van der Waals surface area contributed by atoms with Gasteiger partial charge in [-0.05, 0) is 25.7 Å². The van der Waals surface area contributed by atoms with Gasteiger partial charge < -0.3 is 9.47 Å². The molecule has 2 aliphatic rings. The molecule has 2 heteroatoms. The van der Waals surface area contributed by atoms with Crippen molar-refractivity contribution < 1.29 is 9.47 Å². The molecule has 0 amide bonds. The van der Waals surface area contributed by atoms with Crippen molar-refractivity contribution >= 4 is 0 Å². The molecule has 4 atom stereocenters. The van der Waals surface area contributed by atoms with Crippen LogP contribution in [0.5, 0.6) is 0 Å². The molecular weight excluding hydrogens is 176 g/mol. The van der Waals surface area contributed by atoms with Gasteiger partial charge in [0.1, 0.15) is 0 Å². The lowest BCUT2D eigenvalue weighted by Gasteiger charge is -2.18. The first kappa shape index (κ1) is 9.94. The van der Waals surface area contributed by atoms with E-state index in [9.17, 15) is 0 Å². The topological polar surface area (TPSA) is 18.5 Å². The Kier molecular flexibility index (Phi) is 3.04. The normalized spacial score (nSPS) is 42.6. The molecule has 78 valence electrons. The molecule has 0 saturated carbocycles. The van der Waals surface area contributed by atoms with Gasteiger partial charge in [0.05, 0.1) is 24.4 Å². The number of hydrogen-bond donors (Lipinski definition) is 0. The second-order valence-electron chi connectivity index (χ2n) is 4.05. The van der Waals surface area contributed by atoms with E-state index in [4.69, 9.17) is 9.47 Å². The van der Waals surface area contributed by atoms with E-state index in [0.717, 1.165) is 25.7 Å². The van der Waals surface area contributed by atoms with Crippen LogP contribution in [0.25, 0.3) is 0 Å². The average molecular weight is 194 g/mol. The fraction of sp³-hybridized carbons (Fsp3) is 0.667. The van der Waals surface area contributed by atoms with Crippen molar-refractivity contribution in [3.05, 3.63) is 25.3 Å². The van der Waals surface area contributed by atoms with Gasteiger partial charge in [-0.25, -0.2) is 0 Å². The molecule has 14 heavy (non-hydrogen) atoms. The van der Waals surface area contributed by atoms with Gasteiger partial charge >= 0.3 is 0 Å². The van der Waals surface area contributed by atoms with E-state index in [-0.39, 0.29) is 24.4 Å². The lowest BCUT2D eigenvalue weighted by atomic mass is 10.1. The fourth-order valence-corrected chi connectivity index (χ4v) is 2.27. The van der Waals surface area contributed by atoms with Gasteiger partial charge in [-0.2, -0.15) is 0 Å². The highest BCUT2D eigenvalue weighted by molar-refractivity contribution is 4.94. The molecule has 2 nitrogen and oxygen atoms in total. The summed E-state index contributed by atoms with van der Waals surface area (Å²) in [6.45, 7) is 7.51. The Balaban J connectivity index is 1.85. The molecule has 0 bridgehead atoms. The van der Waals surface area contributed by atoms with E-state index >= 15 is 0 Å². The Morgan fingerprint density at radius 3 is 1.50 bits per heavy atom. The van der Waals surface area contributed by atoms with Gasteiger partial charge in [-0.15, -0.1) is 13.2 Å². The molecular formula is C12H18O2. The maximum absolute atomic E-state index is 5.81. The van der Waals surface area contributed by atoms with Crippen LogP contribution in [0.2, 0.25) is 0 Å². The van der Waals surface area contributed by atoms with Crippen molar-refractivity contribution in [3.63, 3.8) is 0 Å². The first-order valence-electron chi connectivity index (χ1n) is 5.39. The van der Waals surface area contributed by atoms with Crippen LogP contribution >= 0.6 is 0 Å². The third-order valence-electron chi connectivity index (χ3n) is 3.11. The molecule has 0 spiro atoms. The van der Waals surface area contributed by atoms with Crippen molar-refractivity contribution in [1.82, 2.24) is 0 Å². The summed E-state index contributed by atoms with van der Waals surface area (Å²) in [6.07, 6.45) is 9.21. The second kappa shape index (κ2) is 4.28. The minimum atomic E-state index is 0.242. The molecule has 0 unspecified atom stereocenters. The molecule has 2 rings (SSSR count). The summed E-state index contributed by atoms with van der Waals surface area (Å²) in [7, 11) is 0. The summed E-state index contributed by atoms with van der Waals surface area (Å²) >= 11 is 0. The highest BCUT2D eigenvalue weighted by Crippen LogP contribution is 2.31.